The minimum Gasteiger partial charge on any atom is -0.443 e. The second kappa shape index (κ2) is 8.89. The van der Waals surface area contributed by atoms with Crippen molar-refractivity contribution < 1.29 is 19.1 Å². The van der Waals surface area contributed by atoms with Crippen molar-refractivity contribution in [1.29, 1.82) is 0 Å². The number of rotatable bonds is 2. The largest absolute Gasteiger partial charge is 0.443 e. The summed E-state index contributed by atoms with van der Waals surface area (Å²) in [6.07, 6.45) is 3.04. The Labute approximate surface area is 199 Å². The Morgan fingerprint density at radius 3 is 2.06 bits per heavy atom. The van der Waals surface area contributed by atoms with Gasteiger partial charge in [-0.1, -0.05) is 0 Å². The molecule has 3 rings (SSSR count). The van der Waals surface area contributed by atoms with Gasteiger partial charge in [0.05, 0.1) is 17.6 Å². The van der Waals surface area contributed by atoms with Gasteiger partial charge in [0.15, 0.2) is 0 Å². The molecule has 0 atom stereocenters. The summed E-state index contributed by atoms with van der Waals surface area (Å²) in [7, 11) is 0. The van der Waals surface area contributed by atoms with Gasteiger partial charge in [0.1, 0.15) is 17.0 Å². The number of nitrogen functional groups attached to an aromatic ring is 1. The number of carbonyl (C=O) groups excluding carboxylic acids is 2. The first kappa shape index (κ1) is 24.9. The zero-order valence-corrected chi connectivity index (χ0v) is 20.9. The van der Waals surface area contributed by atoms with Gasteiger partial charge >= 0.3 is 12.2 Å². The zero-order chi connectivity index (χ0) is 25.4. The Bertz CT molecular complexity index is 1230. The third-order valence-corrected chi connectivity index (χ3v) is 4.78. The number of carbonyl (C=O) groups is 2. The van der Waals surface area contributed by atoms with E-state index >= 15 is 0 Å². The number of hydrogen-bond acceptors (Lipinski definition) is 8. The van der Waals surface area contributed by atoms with Crippen LogP contribution in [0.2, 0.25) is 0 Å². The first-order chi connectivity index (χ1) is 15.7. The van der Waals surface area contributed by atoms with Gasteiger partial charge in [-0.25, -0.2) is 14.6 Å². The van der Waals surface area contributed by atoms with E-state index in [0.29, 0.717) is 22.6 Å². The molecule has 0 aromatic carbocycles. The number of anilines is 2. The quantitative estimate of drug-likeness (QED) is 0.521. The van der Waals surface area contributed by atoms with Gasteiger partial charge in [-0.2, -0.15) is 4.90 Å². The Morgan fingerprint density at radius 1 is 0.912 bits per heavy atom. The summed E-state index contributed by atoms with van der Waals surface area (Å²) >= 11 is 0. The molecule has 9 nitrogen and oxygen atoms in total. The molecule has 0 aliphatic heterocycles. The molecule has 0 unspecified atom stereocenters. The lowest BCUT2D eigenvalue weighted by molar-refractivity contribution is 0.0430. The fourth-order valence-electron chi connectivity index (χ4n) is 3.35. The highest BCUT2D eigenvalue weighted by molar-refractivity contribution is 6.10. The second-order valence-electron chi connectivity index (χ2n) is 10.1. The summed E-state index contributed by atoms with van der Waals surface area (Å²) in [5.41, 5.74) is 7.12. The molecule has 9 heteroatoms. The smallest absolute Gasteiger partial charge is 0.424 e. The van der Waals surface area contributed by atoms with Crippen molar-refractivity contribution in [3.63, 3.8) is 0 Å². The molecule has 3 aromatic rings. The Balaban J connectivity index is 2.15. The molecular weight excluding hydrogens is 434 g/mol. The van der Waals surface area contributed by atoms with Crippen LogP contribution in [-0.4, -0.2) is 38.3 Å². The van der Waals surface area contributed by atoms with Crippen LogP contribution in [0.15, 0.2) is 30.7 Å². The molecule has 2 N–H and O–H groups in total. The summed E-state index contributed by atoms with van der Waals surface area (Å²) in [5, 5.41) is 1.75. The number of nitrogens with two attached hydrogens (primary N) is 1. The van der Waals surface area contributed by atoms with Gasteiger partial charge in [0.2, 0.25) is 0 Å². The molecule has 0 spiro atoms. The number of ether oxygens (including phenoxy) is 2. The number of hydrogen-bond donors (Lipinski definition) is 1. The number of aromatic nitrogens is 3. The van der Waals surface area contributed by atoms with E-state index in [4.69, 9.17) is 20.2 Å². The van der Waals surface area contributed by atoms with Crippen LogP contribution in [0.5, 0.6) is 0 Å². The minimum absolute atomic E-state index is 0.245. The Morgan fingerprint density at radius 2 is 1.50 bits per heavy atom. The molecule has 0 aliphatic rings. The molecule has 0 aliphatic carbocycles. The molecule has 0 saturated heterocycles. The van der Waals surface area contributed by atoms with Crippen molar-refractivity contribution in [3.05, 3.63) is 42.0 Å². The third kappa shape index (κ3) is 5.59. The first-order valence-corrected chi connectivity index (χ1v) is 10.9. The monoisotopic (exact) mass is 465 g/mol. The fourth-order valence-corrected chi connectivity index (χ4v) is 3.35. The zero-order valence-electron chi connectivity index (χ0n) is 20.9. The number of imide groups is 1. The topological polar surface area (TPSA) is 121 Å². The van der Waals surface area contributed by atoms with Crippen LogP contribution in [0.4, 0.5) is 21.1 Å². The van der Waals surface area contributed by atoms with Gasteiger partial charge in [0, 0.05) is 29.0 Å². The van der Waals surface area contributed by atoms with Gasteiger partial charge in [-0.15, -0.1) is 0 Å². The van der Waals surface area contributed by atoms with Crippen LogP contribution < -0.4 is 10.6 Å². The van der Waals surface area contributed by atoms with Crippen molar-refractivity contribution in [1.82, 2.24) is 15.0 Å². The number of nitrogens with zero attached hydrogens (tertiary/aromatic N) is 4. The van der Waals surface area contributed by atoms with Crippen molar-refractivity contribution in [3.8, 4) is 11.3 Å². The summed E-state index contributed by atoms with van der Waals surface area (Å²) in [4.78, 5) is 40.2. The Hall–Kier alpha value is -3.75. The van der Waals surface area contributed by atoms with Gasteiger partial charge < -0.3 is 15.2 Å². The van der Waals surface area contributed by atoms with E-state index in [1.165, 1.54) is 6.20 Å². The van der Waals surface area contributed by atoms with Crippen LogP contribution in [0, 0.1) is 13.8 Å². The van der Waals surface area contributed by atoms with E-state index in [1.807, 2.05) is 13.0 Å². The maximum absolute atomic E-state index is 13.1. The molecule has 0 radical (unpaired) electrons. The normalized spacial score (nSPS) is 11.9. The lowest BCUT2D eigenvalue weighted by Gasteiger charge is -2.29. The first-order valence-electron chi connectivity index (χ1n) is 10.9. The average molecular weight is 466 g/mol. The van der Waals surface area contributed by atoms with Gasteiger partial charge in [-0.05, 0) is 78.5 Å². The van der Waals surface area contributed by atoms with E-state index in [2.05, 4.69) is 9.97 Å². The maximum Gasteiger partial charge on any atom is 0.424 e. The van der Waals surface area contributed by atoms with E-state index in [0.717, 1.165) is 21.4 Å². The molecule has 0 bridgehead atoms. The van der Waals surface area contributed by atoms with Crippen molar-refractivity contribution >= 4 is 34.5 Å². The summed E-state index contributed by atoms with van der Waals surface area (Å²) in [6.45, 7) is 14.0. The SMILES string of the molecule is Cc1c(-c2cc3cc(N)ncc3c(C)n2)cncc1N(C(=O)OC(C)(C)C)C(=O)OC(C)(C)C. The van der Waals surface area contributed by atoms with Crippen LogP contribution in [0.1, 0.15) is 52.8 Å². The van der Waals surface area contributed by atoms with Crippen LogP contribution in [0.3, 0.4) is 0 Å². The molecular formula is C25H31N5O4. The van der Waals surface area contributed by atoms with E-state index < -0.39 is 23.4 Å². The van der Waals surface area contributed by atoms with Crippen LogP contribution >= 0.6 is 0 Å². The summed E-state index contributed by atoms with van der Waals surface area (Å²) in [6, 6.07) is 3.65. The summed E-state index contributed by atoms with van der Waals surface area (Å²) in [5.74, 6) is 0.397. The summed E-state index contributed by atoms with van der Waals surface area (Å²) < 4.78 is 11.0. The second-order valence-corrected chi connectivity index (χ2v) is 10.1. The lowest BCUT2D eigenvalue weighted by Crippen LogP contribution is -2.44. The molecule has 3 aromatic heterocycles. The molecule has 0 saturated carbocycles. The van der Waals surface area contributed by atoms with Crippen LogP contribution in [-0.2, 0) is 9.47 Å². The standard InChI is InChI=1S/C25H31N5O4/c1-14-17(19-9-16-10-21(26)28-12-18(16)15(2)29-19)11-27-13-20(14)30(22(31)33-24(3,4)5)23(32)34-25(6,7)8/h9-13H,1-8H3,(H2,26,28). The van der Waals surface area contributed by atoms with Crippen LogP contribution in [0.25, 0.3) is 22.0 Å². The van der Waals surface area contributed by atoms with Gasteiger partial charge in [0.25, 0.3) is 0 Å². The van der Waals surface area contributed by atoms with Gasteiger partial charge in [-0.3, -0.25) is 9.97 Å². The molecule has 3 heterocycles. The number of amides is 2. The highest BCUT2D eigenvalue weighted by Crippen LogP contribution is 2.33. The van der Waals surface area contributed by atoms with Crippen molar-refractivity contribution in [2.75, 3.05) is 10.6 Å². The molecule has 180 valence electrons. The van der Waals surface area contributed by atoms with E-state index in [1.54, 1.807) is 66.9 Å². The third-order valence-electron chi connectivity index (χ3n) is 4.78. The number of pyridine rings is 3. The predicted octanol–water partition coefficient (Wildman–Crippen LogP) is 5.57. The van der Waals surface area contributed by atoms with Crippen molar-refractivity contribution in [2.45, 2.75) is 66.6 Å². The highest BCUT2D eigenvalue weighted by atomic mass is 16.6. The Kier molecular flexibility index (Phi) is 6.50. The maximum atomic E-state index is 13.1. The molecule has 2 amide bonds. The van der Waals surface area contributed by atoms with E-state index in [-0.39, 0.29) is 5.69 Å². The van der Waals surface area contributed by atoms with E-state index in [9.17, 15) is 9.59 Å². The lowest BCUT2D eigenvalue weighted by atomic mass is 10.0. The molecule has 34 heavy (non-hydrogen) atoms. The highest BCUT2D eigenvalue weighted by Gasteiger charge is 2.34. The predicted molar refractivity (Wildman–Crippen MR) is 132 cm³/mol. The fraction of sp³-hybridized carbons (Fsp3) is 0.400. The average Bonchev–Trinajstić information content (AvgIpc) is 2.66. The molecule has 0 fully saturated rings. The minimum atomic E-state index is -0.856. The number of aryl methyl sites for hydroxylation is 1. The van der Waals surface area contributed by atoms with Crippen molar-refractivity contribution in [2.24, 2.45) is 0 Å². The number of fused-ring (bicyclic) bond motifs is 1.